The molecule has 1 aromatic heterocycles. The molecule has 0 saturated heterocycles. The highest BCUT2D eigenvalue weighted by atomic mass is 79.9. The van der Waals surface area contributed by atoms with Crippen LogP contribution in [0.15, 0.2) is 61.9 Å². The summed E-state index contributed by atoms with van der Waals surface area (Å²) in [6.07, 6.45) is -0.783. The van der Waals surface area contributed by atoms with Gasteiger partial charge in [0.1, 0.15) is 17.4 Å². The highest BCUT2D eigenvalue weighted by molar-refractivity contribution is 9.11. The van der Waals surface area contributed by atoms with E-state index >= 15 is 0 Å². The number of hydrogen-bond donors (Lipinski definition) is 1. The number of para-hydroxylation sites is 1. The monoisotopic (exact) mass is 380 g/mol. The minimum absolute atomic E-state index is 0.546. The first-order chi connectivity index (χ1) is 9.15. The van der Waals surface area contributed by atoms with Gasteiger partial charge in [0.15, 0.2) is 0 Å². The first kappa shape index (κ1) is 12.9. The Morgan fingerprint density at radius 3 is 2.53 bits per heavy atom. The van der Waals surface area contributed by atoms with Gasteiger partial charge in [-0.1, -0.05) is 56.1 Å². The van der Waals surface area contributed by atoms with E-state index in [0.717, 1.165) is 25.5 Å². The smallest absolute Gasteiger partial charge is 0.138 e. The van der Waals surface area contributed by atoms with E-state index in [-0.39, 0.29) is 0 Å². The third kappa shape index (κ3) is 2.48. The van der Waals surface area contributed by atoms with Crippen molar-refractivity contribution in [2.75, 3.05) is 0 Å². The fraction of sp³-hybridized carbons (Fsp3) is 0.0667. The van der Waals surface area contributed by atoms with Crippen LogP contribution in [0.5, 0.6) is 0 Å². The van der Waals surface area contributed by atoms with Crippen LogP contribution in [0.3, 0.4) is 0 Å². The average Bonchev–Trinajstić information content (AvgIpc) is 2.81. The van der Waals surface area contributed by atoms with E-state index in [1.807, 2.05) is 48.5 Å². The zero-order valence-corrected chi connectivity index (χ0v) is 13.0. The van der Waals surface area contributed by atoms with Crippen molar-refractivity contribution in [3.05, 3.63) is 68.8 Å². The van der Waals surface area contributed by atoms with Crippen molar-refractivity contribution in [3.8, 4) is 0 Å². The van der Waals surface area contributed by atoms with Crippen molar-refractivity contribution >= 4 is 42.8 Å². The van der Waals surface area contributed by atoms with E-state index in [2.05, 4.69) is 31.9 Å². The summed E-state index contributed by atoms with van der Waals surface area (Å²) in [6.45, 7) is 0. The van der Waals surface area contributed by atoms with Crippen LogP contribution in [-0.4, -0.2) is 5.11 Å². The molecule has 0 spiro atoms. The highest BCUT2D eigenvalue weighted by Gasteiger charge is 2.18. The van der Waals surface area contributed by atoms with Crippen molar-refractivity contribution in [2.24, 2.45) is 0 Å². The summed E-state index contributed by atoms with van der Waals surface area (Å²) in [5.41, 5.74) is 1.56. The minimum Gasteiger partial charge on any atom is -0.458 e. The van der Waals surface area contributed by atoms with Crippen molar-refractivity contribution in [2.45, 2.75) is 6.10 Å². The Kier molecular flexibility index (Phi) is 3.48. The van der Waals surface area contributed by atoms with E-state index in [9.17, 15) is 5.11 Å². The summed E-state index contributed by atoms with van der Waals surface area (Å²) >= 11 is 6.85. The van der Waals surface area contributed by atoms with Gasteiger partial charge in [0, 0.05) is 19.9 Å². The van der Waals surface area contributed by atoms with E-state index < -0.39 is 6.10 Å². The predicted molar refractivity (Wildman–Crippen MR) is 82.1 cm³/mol. The number of furan rings is 1. The first-order valence-corrected chi connectivity index (χ1v) is 7.35. The summed E-state index contributed by atoms with van der Waals surface area (Å²) in [4.78, 5) is 0. The van der Waals surface area contributed by atoms with Gasteiger partial charge in [0.25, 0.3) is 0 Å². The normalized spacial score (nSPS) is 12.8. The molecule has 1 N–H and O–H groups in total. The number of benzene rings is 2. The van der Waals surface area contributed by atoms with E-state index in [0.29, 0.717) is 5.76 Å². The van der Waals surface area contributed by atoms with Crippen molar-refractivity contribution in [3.63, 3.8) is 0 Å². The molecule has 0 amide bonds. The second-order valence-corrected chi connectivity index (χ2v) is 6.02. The molecule has 0 saturated carbocycles. The lowest BCUT2D eigenvalue weighted by molar-refractivity contribution is 0.191. The van der Waals surface area contributed by atoms with Gasteiger partial charge in [-0.05, 0) is 24.3 Å². The molecule has 0 aliphatic carbocycles. The molecular weight excluding hydrogens is 372 g/mol. The maximum Gasteiger partial charge on any atom is 0.138 e. The Labute approximate surface area is 127 Å². The quantitative estimate of drug-likeness (QED) is 0.674. The number of halogens is 2. The van der Waals surface area contributed by atoms with Crippen LogP contribution in [0.1, 0.15) is 17.4 Å². The molecule has 1 unspecified atom stereocenters. The Balaban J connectivity index is 2.05. The van der Waals surface area contributed by atoms with E-state index in [4.69, 9.17) is 4.42 Å². The Bertz CT molecular complexity index is 701. The average molecular weight is 382 g/mol. The molecule has 19 heavy (non-hydrogen) atoms. The largest absolute Gasteiger partial charge is 0.458 e. The molecule has 1 heterocycles. The third-order valence-electron chi connectivity index (χ3n) is 2.97. The molecule has 0 aliphatic heterocycles. The minimum atomic E-state index is -0.783. The SMILES string of the molecule is OC(c1cc2ccccc2o1)c1ccc(Br)cc1Br. The molecule has 3 rings (SSSR count). The van der Waals surface area contributed by atoms with Gasteiger partial charge in [-0.15, -0.1) is 0 Å². The molecule has 0 bridgehead atoms. The van der Waals surface area contributed by atoms with Gasteiger partial charge < -0.3 is 9.52 Å². The van der Waals surface area contributed by atoms with E-state index in [1.54, 1.807) is 0 Å². The van der Waals surface area contributed by atoms with Crippen molar-refractivity contribution in [1.82, 2.24) is 0 Å². The van der Waals surface area contributed by atoms with Crippen LogP contribution in [0, 0.1) is 0 Å². The number of aliphatic hydroxyl groups excluding tert-OH is 1. The van der Waals surface area contributed by atoms with Crippen LogP contribution in [0.2, 0.25) is 0 Å². The zero-order chi connectivity index (χ0) is 13.4. The van der Waals surface area contributed by atoms with Gasteiger partial charge >= 0.3 is 0 Å². The molecule has 0 fully saturated rings. The number of fused-ring (bicyclic) bond motifs is 1. The lowest BCUT2D eigenvalue weighted by atomic mass is 10.1. The van der Waals surface area contributed by atoms with Crippen LogP contribution in [0.25, 0.3) is 11.0 Å². The number of hydrogen-bond acceptors (Lipinski definition) is 2. The van der Waals surface area contributed by atoms with Crippen LogP contribution in [-0.2, 0) is 0 Å². The third-order valence-corrected chi connectivity index (χ3v) is 4.15. The summed E-state index contributed by atoms with van der Waals surface area (Å²) in [6, 6.07) is 15.3. The zero-order valence-electron chi connectivity index (χ0n) is 9.81. The standard InChI is InChI=1S/C15H10Br2O2/c16-10-5-6-11(12(17)8-10)15(18)14-7-9-3-1-2-4-13(9)19-14/h1-8,15,18H. The molecule has 2 aromatic carbocycles. The fourth-order valence-electron chi connectivity index (χ4n) is 2.01. The van der Waals surface area contributed by atoms with Crippen LogP contribution in [0.4, 0.5) is 0 Å². The van der Waals surface area contributed by atoms with Gasteiger partial charge in [0.05, 0.1) is 0 Å². The molecule has 2 nitrogen and oxygen atoms in total. The van der Waals surface area contributed by atoms with Gasteiger partial charge in [-0.3, -0.25) is 0 Å². The number of rotatable bonds is 2. The van der Waals surface area contributed by atoms with Gasteiger partial charge in [-0.2, -0.15) is 0 Å². The highest BCUT2D eigenvalue weighted by Crippen LogP contribution is 2.33. The molecular formula is C15H10Br2O2. The predicted octanol–water partition coefficient (Wildman–Crippen LogP) is 5.04. The Morgan fingerprint density at radius 2 is 1.79 bits per heavy atom. The molecule has 0 aliphatic rings. The Hall–Kier alpha value is -1.10. The van der Waals surface area contributed by atoms with Crippen LogP contribution >= 0.6 is 31.9 Å². The molecule has 1 atom stereocenters. The van der Waals surface area contributed by atoms with Crippen molar-refractivity contribution < 1.29 is 9.52 Å². The summed E-state index contributed by atoms with van der Waals surface area (Å²) in [5.74, 6) is 0.546. The van der Waals surface area contributed by atoms with E-state index in [1.165, 1.54) is 0 Å². The number of aliphatic hydroxyl groups is 1. The first-order valence-electron chi connectivity index (χ1n) is 5.76. The molecule has 3 aromatic rings. The molecule has 4 heteroatoms. The van der Waals surface area contributed by atoms with Gasteiger partial charge in [-0.25, -0.2) is 0 Å². The second-order valence-electron chi connectivity index (χ2n) is 4.25. The summed E-state index contributed by atoms with van der Waals surface area (Å²) < 4.78 is 7.49. The maximum absolute atomic E-state index is 10.4. The van der Waals surface area contributed by atoms with Crippen LogP contribution < -0.4 is 0 Å². The van der Waals surface area contributed by atoms with Gasteiger partial charge in [0.2, 0.25) is 0 Å². The summed E-state index contributed by atoms with van der Waals surface area (Å²) in [5, 5.41) is 11.4. The topological polar surface area (TPSA) is 33.4 Å². The molecule has 96 valence electrons. The van der Waals surface area contributed by atoms with Crippen molar-refractivity contribution in [1.29, 1.82) is 0 Å². The summed E-state index contributed by atoms with van der Waals surface area (Å²) in [7, 11) is 0. The lowest BCUT2D eigenvalue weighted by Crippen LogP contribution is -1.98. The molecule has 0 radical (unpaired) electrons. The second kappa shape index (κ2) is 5.12. The maximum atomic E-state index is 10.4. The Morgan fingerprint density at radius 1 is 1.00 bits per heavy atom. The lowest BCUT2D eigenvalue weighted by Gasteiger charge is -2.10. The fourth-order valence-corrected chi connectivity index (χ4v) is 3.28.